The summed E-state index contributed by atoms with van der Waals surface area (Å²) >= 11 is 3.45. The molecule has 0 spiro atoms. The van der Waals surface area contributed by atoms with E-state index in [-0.39, 0.29) is 5.91 Å². The van der Waals surface area contributed by atoms with Crippen LogP contribution in [0.4, 0.5) is 0 Å². The minimum absolute atomic E-state index is 0.196. The summed E-state index contributed by atoms with van der Waals surface area (Å²) in [5.74, 6) is 1.09. The lowest BCUT2D eigenvalue weighted by Crippen LogP contribution is -2.36. The molecule has 1 aliphatic heterocycles. The first-order chi connectivity index (χ1) is 9.58. The van der Waals surface area contributed by atoms with Crippen LogP contribution in [0.15, 0.2) is 22.7 Å². The van der Waals surface area contributed by atoms with Crippen molar-refractivity contribution in [2.45, 2.75) is 25.8 Å². The Hall–Kier alpha value is -1.07. The van der Waals surface area contributed by atoms with Gasteiger partial charge in [0.2, 0.25) is 5.91 Å². The van der Waals surface area contributed by atoms with Crippen LogP contribution in [0.2, 0.25) is 0 Å². The topological polar surface area (TPSA) is 55.6 Å². The van der Waals surface area contributed by atoms with Gasteiger partial charge in [-0.3, -0.25) is 9.69 Å². The maximum atomic E-state index is 11.0. The van der Waals surface area contributed by atoms with E-state index in [1.807, 2.05) is 12.1 Å². The van der Waals surface area contributed by atoms with Gasteiger partial charge in [0.15, 0.2) is 0 Å². The summed E-state index contributed by atoms with van der Waals surface area (Å²) in [6.07, 6.45) is 2.71. The summed E-state index contributed by atoms with van der Waals surface area (Å²) in [6.45, 7) is 2.85. The Balaban J connectivity index is 2.00. The van der Waals surface area contributed by atoms with Crippen LogP contribution in [-0.2, 0) is 11.3 Å². The summed E-state index contributed by atoms with van der Waals surface area (Å²) in [5, 5.41) is 0. The van der Waals surface area contributed by atoms with E-state index in [0.29, 0.717) is 12.3 Å². The number of amides is 1. The number of hydrogen-bond donors (Lipinski definition) is 1. The van der Waals surface area contributed by atoms with Gasteiger partial charge >= 0.3 is 0 Å². The molecule has 5 heteroatoms. The highest BCUT2D eigenvalue weighted by atomic mass is 79.9. The zero-order chi connectivity index (χ0) is 14.5. The number of ether oxygens (including phenoxy) is 1. The van der Waals surface area contributed by atoms with Gasteiger partial charge in [-0.25, -0.2) is 0 Å². The Bertz CT molecular complexity index is 479. The molecule has 0 aliphatic carbocycles. The van der Waals surface area contributed by atoms with Crippen LogP contribution in [0.1, 0.15) is 24.8 Å². The number of hydrogen-bond acceptors (Lipinski definition) is 3. The van der Waals surface area contributed by atoms with E-state index in [2.05, 4.69) is 26.9 Å². The number of methoxy groups -OCH3 is 1. The van der Waals surface area contributed by atoms with Crippen LogP contribution in [-0.4, -0.2) is 31.0 Å². The zero-order valence-electron chi connectivity index (χ0n) is 11.8. The molecule has 2 rings (SSSR count). The Morgan fingerprint density at radius 1 is 1.55 bits per heavy atom. The highest BCUT2D eigenvalue weighted by Gasteiger charge is 2.22. The van der Waals surface area contributed by atoms with Gasteiger partial charge in [0.05, 0.1) is 7.11 Å². The number of likely N-dealkylation sites (tertiary alicyclic amines) is 1. The second-order valence-corrected chi connectivity index (χ2v) is 6.29. The van der Waals surface area contributed by atoms with Crippen LogP contribution in [0.5, 0.6) is 5.75 Å². The SMILES string of the molecule is COc1cc(Br)ccc1CN1CCC[C@@H](CC(N)=O)C1. The van der Waals surface area contributed by atoms with Gasteiger partial charge in [0.25, 0.3) is 0 Å². The summed E-state index contributed by atoms with van der Waals surface area (Å²) < 4.78 is 6.45. The van der Waals surface area contributed by atoms with Crippen LogP contribution in [0, 0.1) is 5.92 Å². The number of benzene rings is 1. The third-order valence-corrected chi connectivity index (χ3v) is 4.23. The van der Waals surface area contributed by atoms with E-state index in [0.717, 1.165) is 42.7 Å². The molecule has 1 saturated heterocycles. The van der Waals surface area contributed by atoms with Crippen molar-refractivity contribution < 1.29 is 9.53 Å². The van der Waals surface area contributed by atoms with Crippen molar-refractivity contribution in [3.05, 3.63) is 28.2 Å². The molecular weight excluding hydrogens is 320 g/mol. The number of piperidine rings is 1. The van der Waals surface area contributed by atoms with Crippen LogP contribution in [0.25, 0.3) is 0 Å². The Kier molecular flexibility index (Phi) is 5.43. The lowest BCUT2D eigenvalue weighted by Gasteiger charge is -2.32. The average Bonchev–Trinajstić information content (AvgIpc) is 2.40. The quantitative estimate of drug-likeness (QED) is 0.896. The molecule has 1 aromatic carbocycles. The first-order valence-electron chi connectivity index (χ1n) is 6.91. The summed E-state index contributed by atoms with van der Waals surface area (Å²) in [5.41, 5.74) is 6.48. The molecule has 0 radical (unpaired) electrons. The normalized spacial score (nSPS) is 19.8. The second-order valence-electron chi connectivity index (χ2n) is 5.37. The maximum Gasteiger partial charge on any atom is 0.217 e. The van der Waals surface area contributed by atoms with E-state index in [1.165, 1.54) is 5.56 Å². The highest BCUT2D eigenvalue weighted by molar-refractivity contribution is 9.10. The van der Waals surface area contributed by atoms with Crippen LogP contribution >= 0.6 is 15.9 Å². The number of nitrogens with two attached hydrogens (primary N) is 1. The summed E-state index contributed by atoms with van der Waals surface area (Å²) in [6, 6.07) is 6.10. The molecule has 1 aliphatic rings. The Morgan fingerprint density at radius 2 is 2.35 bits per heavy atom. The number of rotatable bonds is 5. The fourth-order valence-electron chi connectivity index (χ4n) is 2.84. The molecule has 2 N–H and O–H groups in total. The number of halogens is 1. The minimum atomic E-state index is -0.196. The van der Waals surface area contributed by atoms with Crippen molar-refractivity contribution in [2.24, 2.45) is 11.7 Å². The Morgan fingerprint density at radius 3 is 3.05 bits per heavy atom. The van der Waals surface area contributed by atoms with E-state index in [4.69, 9.17) is 10.5 Å². The number of carbonyl (C=O) groups excluding carboxylic acids is 1. The van der Waals surface area contributed by atoms with Crippen molar-refractivity contribution in [1.82, 2.24) is 4.90 Å². The molecule has 1 aromatic rings. The first-order valence-corrected chi connectivity index (χ1v) is 7.71. The molecule has 1 fully saturated rings. The minimum Gasteiger partial charge on any atom is -0.496 e. The number of carbonyl (C=O) groups is 1. The fraction of sp³-hybridized carbons (Fsp3) is 0.533. The van der Waals surface area contributed by atoms with E-state index < -0.39 is 0 Å². The van der Waals surface area contributed by atoms with Crippen LogP contribution in [0.3, 0.4) is 0 Å². The zero-order valence-corrected chi connectivity index (χ0v) is 13.4. The molecule has 1 heterocycles. The lowest BCUT2D eigenvalue weighted by molar-refractivity contribution is -0.119. The second kappa shape index (κ2) is 7.09. The van der Waals surface area contributed by atoms with Gasteiger partial charge in [-0.15, -0.1) is 0 Å². The van der Waals surface area contributed by atoms with Crippen molar-refractivity contribution in [3.8, 4) is 5.75 Å². The molecule has 0 saturated carbocycles. The van der Waals surface area contributed by atoms with E-state index >= 15 is 0 Å². The van der Waals surface area contributed by atoms with Gasteiger partial charge in [-0.1, -0.05) is 22.0 Å². The molecule has 1 atom stereocenters. The first kappa shape index (κ1) is 15.3. The van der Waals surface area contributed by atoms with Crippen LogP contribution < -0.4 is 10.5 Å². The molecule has 20 heavy (non-hydrogen) atoms. The molecule has 1 amide bonds. The molecule has 0 unspecified atom stereocenters. The Labute approximate surface area is 128 Å². The fourth-order valence-corrected chi connectivity index (χ4v) is 3.18. The third kappa shape index (κ3) is 4.21. The van der Waals surface area contributed by atoms with Crippen molar-refractivity contribution in [3.63, 3.8) is 0 Å². The largest absolute Gasteiger partial charge is 0.496 e. The van der Waals surface area contributed by atoms with Gasteiger partial charge in [-0.05, 0) is 37.4 Å². The third-order valence-electron chi connectivity index (χ3n) is 3.74. The summed E-state index contributed by atoms with van der Waals surface area (Å²) in [4.78, 5) is 13.4. The van der Waals surface area contributed by atoms with Crippen molar-refractivity contribution in [2.75, 3.05) is 20.2 Å². The molecule has 0 aromatic heterocycles. The molecular formula is C15H21BrN2O2. The van der Waals surface area contributed by atoms with Gasteiger partial charge in [0.1, 0.15) is 5.75 Å². The number of primary amides is 1. The van der Waals surface area contributed by atoms with Crippen molar-refractivity contribution in [1.29, 1.82) is 0 Å². The average molecular weight is 341 g/mol. The van der Waals surface area contributed by atoms with E-state index in [1.54, 1.807) is 7.11 Å². The van der Waals surface area contributed by atoms with Gasteiger partial charge in [0, 0.05) is 29.5 Å². The monoisotopic (exact) mass is 340 g/mol. The lowest BCUT2D eigenvalue weighted by atomic mass is 9.94. The molecule has 0 bridgehead atoms. The summed E-state index contributed by atoms with van der Waals surface area (Å²) in [7, 11) is 1.69. The van der Waals surface area contributed by atoms with E-state index in [9.17, 15) is 4.79 Å². The maximum absolute atomic E-state index is 11.0. The van der Waals surface area contributed by atoms with Gasteiger partial charge in [-0.2, -0.15) is 0 Å². The molecule has 110 valence electrons. The van der Waals surface area contributed by atoms with Gasteiger partial charge < -0.3 is 10.5 Å². The smallest absolute Gasteiger partial charge is 0.217 e. The highest BCUT2D eigenvalue weighted by Crippen LogP contribution is 2.27. The van der Waals surface area contributed by atoms with Crippen molar-refractivity contribution >= 4 is 21.8 Å². The standard InChI is InChI=1S/C15H21BrN2O2/c1-20-14-8-13(16)5-4-12(14)10-18-6-2-3-11(9-18)7-15(17)19/h4-5,8,11H,2-3,6-7,9-10H2,1H3,(H2,17,19)/t11-/m0/s1. The predicted octanol–water partition coefficient (Wildman–Crippen LogP) is 2.55. The number of nitrogens with zero attached hydrogens (tertiary/aromatic N) is 1. The molecule has 4 nitrogen and oxygen atoms in total. The predicted molar refractivity (Wildman–Crippen MR) is 82.5 cm³/mol.